The van der Waals surface area contributed by atoms with Crippen LogP contribution in [0.2, 0.25) is 0 Å². The Kier molecular flexibility index (Phi) is 6.31. The van der Waals surface area contributed by atoms with Crippen molar-refractivity contribution in [2.45, 2.75) is 26.7 Å². The van der Waals surface area contributed by atoms with Gasteiger partial charge in [0.25, 0.3) is 5.91 Å². The van der Waals surface area contributed by atoms with Gasteiger partial charge < -0.3 is 16.0 Å². The van der Waals surface area contributed by atoms with E-state index < -0.39 is 0 Å². The molecule has 6 nitrogen and oxygen atoms in total. The number of hydrogen-bond donors (Lipinski definition) is 3. The molecule has 126 valence electrons. The first-order valence-electron chi connectivity index (χ1n) is 7.97. The topological polar surface area (TPSA) is 83.1 Å². The largest absolute Gasteiger partial charge is 0.355 e. The van der Waals surface area contributed by atoms with Crippen molar-refractivity contribution in [3.05, 3.63) is 48.3 Å². The van der Waals surface area contributed by atoms with Gasteiger partial charge in [0.1, 0.15) is 5.69 Å². The zero-order valence-electron chi connectivity index (χ0n) is 13.9. The van der Waals surface area contributed by atoms with E-state index in [0.717, 1.165) is 24.2 Å². The third-order valence-electron chi connectivity index (χ3n) is 3.28. The van der Waals surface area contributed by atoms with Gasteiger partial charge in [-0.1, -0.05) is 19.4 Å². The standard InChI is InChI=1S/C18H22N4O2/c1-3-4-9-20-18(24)17-12-16(8-10-19-17)22-15-7-5-6-14(11-15)21-13(2)23/h5-8,10-12H,3-4,9H2,1-2H3,(H,19,22)(H,20,24)(H,21,23). The first-order valence-corrected chi connectivity index (χ1v) is 7.97. The summed E-state index contributed by atoms with van der Waals surface area (Å²) >= 11 is 0. The molecule has 0 bridgehead atoms. The molecule has 0 fully saturated rings. The Balaban J connectivity index is 2.06. The van der Waals surface area contributed by atoms with Crippen LogP contribution >= 0.6 is 0 Å². The minimum atomic E-state index is -0.181. The molecule has 0 aliphatic heterocycles. The van der Waals surface area contributed by atoms with Gasteiger partial charge in [-0.15, -0.1) is 0 Å². The van der Waals surface area contributed by atoms with Crippen LogP contribution in [0, 0.1) is 0 Å². The first-order chi connectivity index (χ1) is 11.6. The Labute approximate surface area is 141 Å². The fraction of sp³-hybridized carbons (Fsp3) is 0.278. The molecule has 0 aliphatic carbocycles. The van der Waals surface area contributed by atoms with Crippen LogP contribution in [0.15, 0.2) is 42.6 Å². The molecule has 1 heterocycles. The molecular weight excluding hydrogens is 304 g/mol. The Morgan fingerprint density at radius 1 is 1.08 bits per heavy atom. The third-order valence-corrected chi connectivity index (χ3v) is 3.28. The maximum atomic E-state index is 12.1. The fourth-order valence-corrected chi connectivity index (χ4v) is 2.15. The molecule has 0 spiro atoms. The summed E-state index contributed by atoms with van der Waals surface area (Å²) in [5.41, 5.74) is 2.64. The number of aromatic nitrogens is 1. The van der Waals surface area contributed by atoms with Crippen LogP contribution in [0.4, 0.5) is 17.1 Å². The minimum Gasteiger partial charge on any atom is -0.355 e. The van der Waals surface area contributed by atoms with Gasteiger partial charge in [-0.05, 0) is 36.8 Å². The third kappa shape index (κ3) is 5.39. The number of unbranched alkanes of at least 4 members (excludes halogenated alkanes) is 1. The second kappa shape index (κ2) is 8.67. The van der Waals surface area contributed by atoms with Crippen molar-refractivity contribution in [2.24, 2.45) is 0 Å². The number of pyridine rings is 1. The molecule has 1 aromatic carbocycles. The van der Waals surface area contributed by atoms with Crippen LogP contribution in [-0.4, -0.2) is 23.3 Å². The van der Waals surface area contributed by atoms with Gasteiger partial charge >= 0.3 is 0 Å². The van der Waals surface area contributed by atoms with Crippen LogP contribution in [-0.2, 0) is 4.79 Å². The molecule has 0 radical (unpaired) electrons. The van der Waals surface area contributed by atoms with Crippen molar-refractivity contribution >= 4 is 28.9 Å². The van der Waals surface area contributed by atoms with Gasteiger partial charge in [-0.2, -0.15) is 0 Å². The molecule has 3 N–H and O–H groups in total. The number of amides is 2. The van der Waals surface area contributed by atoms with E-state index in [1.165, 1.54) is 6.92 Å². The van der Waals surface area contributed by atoms with Gasteiger partial charge in [0.2, 0.25) is 5.91 Å². The van der Waals surface area contributed by atoms with E-state index in [1.807, 2.05) is 24.3 Å². The number of anilines is 3. The molecule has 2 amide bonds. The fourth-order valence-electron chi connectivity index (χ4n) is 2.15. The lowest BCUT2D eigenvalue weighted by molar-refractivity contribution is -0.114. The second-order valence-corrected chi connectivity index (χ2v) is 5.43. The average Bonchev–Trinajstić information content (AvgIpc) is 2.55. The van der Waals surface area contributed by atoms with Gasteiger partial charge in [-0.25, -0.2) is 0 Å². The van der Waals surface area contributed by atoms with Crippen LogP contribution in [0.5, 0.6) is 0 Å². The summed E-state index contributed by atoms with van der Waals surface area (Å²) in [5.74, 6) is -0.304. The van der Waals surface area contributed by atoms with E-state index in [9.17, 15) is 9.59 Å². The summed E-state index contributed by atoms with van der Waals surface area (Å²) in [4.78, 5) is 27.3. The van der Waals surface area contributed by atoms with Gasteiger partial charge in [-0.3, -0.25) is 14.6 Å². The predicted molar refractivity (Wildman–Crippen MR) is 95.5 cm³/mol. The number of hydrogen-bond acceptors (Lipinski definition) is 4. The summed E-state index contributed by atoms with van der Waals surface area (Å²) < 4.78 is 0. The Hall–Kier alpha value is -2.89. The van der Waals surface area contributed by atoms with Crippen molar-refractivity contribution in [1.82, 2.24) is 10.3 Å². The molecule has 1 aromatic heterocycles. The Bertz CT molecular complexity index is 716. The molecule has 0 aliphatic rings. The quantitative estimate of drug-likeness (QED) is 0.682. The monoisotopic (exact) mass is 326 g/mol. The normalized spacial score (nSPS) is 10.1. The van der Waals surface area contributed by atoms with Crippen molar-refractivity contribution in [3.8, 4) is 0 Å². The van der Waals surface area contributed by atoms with E-state index in [4.69, 9.17) is 0 Å². The summed E-state index contributed by atoms with van der Waals surface area (Å²) in [6.07, 6.45) is 3.56. The van der Waals surface area contributed by atoms with E-state index in [1.54, 1.807) is 18.3 Å². The van der Waals surface area contributed by atoms with Crippen molar-refractivity contribution in [2.75, 3.05) is 17.2 Å². The number of benzene rings is 1. The lowest BCUT2D eigenvalue weighted by atomic mass is 10.2. The minimum absolute atomic E-state index is 0.123. The molecule has 6 heteroatoms. The van der Waals surface area contributed by atoms with E-state index in [0.29, 0.717) is 17.9 Å². The Morgan fingerprint density at radius 2 is 1.83 bits per heavy atom. The van der Waals surface area contributed by atoms with Crippen molar-refractivity contribution < 1.29 is 9.59 Å². The summed E-state index contributed by atoms with van der Waals surface area (Å²) in [6.45, 7) is 4.18. The smallest absolute Gasteiger partial charge is 0.269 e. The van der Waals surface area contributed by atoms with Gasteiger partial charge in [0.05, 0.1) is 0 Å². The maximum Gasteiger partial charge on any atom is 0.269 e. The number of nitrogens with one attached hydrogen (secondary N) is 3. The summed E-state index contributed by atoms with van der Waals surface area (Å²) in [5, 5.41) is 8.79. The van der Waals surface area contributed by atoms with Crippen LogP contribution in [0.1, 0.15) is 37.2 Å². The zero-order valence-corrected chi connectivity index (χ0v) is 13.9. The number of rotatable bonds is 7. The van der Waals surface area contributed by atoms with E-state index in [-0.39, 0.29) is 11.8 Å². The lowest BCUT2D eigenvalue weighted by Crippen LogP contribution is -2.25. The SMILES string of the molecule is CCCCNC(=O)c1cc(Nc2cccc(NC(C)=O)c2)ccn1. The van der Waals surface area contributed by atoms with Crippen LogP contribution in [0.3, 0.4) is 0 Å². The van der Waals surface area contributed by atoms with Crippen molar-refractivity contribution in [1.29, 1.82) is 0 Å². The van der Waals surface area contributed by atoms with Crippen molar-refractivity contribution in [3.63, 3.8) is 0 Å². The lowest BCUT2D eigenvalue weighted by Gasteiger charge is -2.10. The molecule has 0 unspecified atom stereocenters. The van der Waals surface area contributed by atoms with E-state index >= 15 is 0 Å². The molecule has 0 saturated heterocycles. The van der Waals surface area contributed by atoms with E-state index in [2.05, 4.69) is 27.9 Å². The zero-order chi connectivity index (χ0) is 17.4. The molecule has 0 saturated carbocycles. The van der Waals surface area contributed by atoms with Crippen LogP contribution < -0.4 is 16.0 Å². The number of carbonyl (C=O) groups excluding carboxylic acids is 2. The van der Waals surface area contributed by atoms with Gasteiger partial charge in [0, 0.05) is 36.7 Å². The Morgan fingerprint density at radius 3 is 2.58 bits per heavy atom. The second-order valence-electron chi connectivity index (χ2n) is 5.43. The molecule has 24 heavy (non-hydrogen) atoms. The predicted octanol–water partition coefficient (Wildman–Crippen LogP) is 3.31. The summed E-state index contributed by atoms with van der Waals surface area (Å²) in [6, 6.07) is 10.8. The molecular formula is C18H22N4O2. The molecule has 0 atom stereocenters. The maximum absolute atomic E-state index is 12.1. The average molecular weight is 326 g/mol. The van der Waals surface area contributed by atoms with Crippen LogP contribution in [0.25, 0.3) is 0 Å². The molecule has 2 rings (SSSR count). The van der Waals surface area contributed by atoms with Gasteiger partial charge in [0.15, 0.2) is 0 Å². The number of carbonyl (C=O) groups is 2. The highest BCUT2D eigenvalue weighted by atomic mass is 16.2. The highest BCUT2D eigenvalue weighted by Gasteiger charge is 2.07. The first kappa shape index (κ1) is 17.5. The molecule has 2 aromatic rings. The highest BCUT2D eigenvalue weighted by Crippen LogP contribution is 2.20. The number of nitrogens with zero attached hydrogens (tertiary/aromatic N) is 1. The highest BCUT2D eigenvalue weighted by molar-refractivity contribution is 5.93. The summed E-state index contributed by atoms with van der Waals surface area (Å²) in [7, 11) is 0.